The lowest BCUT2D eigenvalue weighted by Crippen LogP contribution is -2.37. The molecule has 2 aromatic carbocycles. The van der Waals surface area contributed by atoms with Gasteiger partial charge in [-0.2, -0.15) is 5.10 Å². The van der Waals surface area contributed by atoms with Crippen molar-refractivity contribution in [1.82, 2.24) is 10.3 Å². The van der Waals surface area contributed by atoms with Gasteiger partial charge in [-0.15, -0.1) is 0 Å². The standard InChI is InChI=1S/C29H38N4O4/c1-19(2)37-27-16-22(9-13-26(27)36-4)25-12-14-28(34)33(32-25)18-21-7-10-24(11-8-21)31-29(35)20(3)23-6-5-15-30-17-23/h7-11,13,16,19-20,23,30H,5-6,12,14-15,17-18H2,1-4H3,(H,31,35). The maximum absolute atomic E-state index is 12.7. The molecule has 0 radical (unpaired) electrons. The SMILES string of the molecule is COc1ccc(C2=NN(Cc3ccc(NC(=O)C(C)C4CCCNC4)cc3)C(=O)CC2)cc1OC(C)C. The number of ether oxygens (including phenoxy) is 2. The lowest BCUT2D eigenvalue weighted by molar-refractivity contribution is -0.132. The first-order valence-electron chi connectivity index (χ1n) is 13.2. The molecular weight excluding hydrogens is 468 g/mol. The van der Waals surface area contributed by atoms with Crippen LogP contribution in [-0.2, 0) is 16.1 Å². The predicted octanol–water partition coefficient (Wildman–Crippen LogP) is 4.58. The van der Waals surface area contributed by atoms with Gasteiger partial charge in [0, 0.05) is 30.0 Å². The number of hydrogen-bond donors (Lipinski definition) is 2. The topological polar surface area (TPSA) is 92.3 Å². The van der Waals surface area contributed by atoms with Gasteiger partial charge < -0.3 is 20.1 Å². The van der Waals surface area contributed by atoms with Crippen LogP contribution in [0, 0.1) is 11.8 Å². The van der Waals surface area contributed by atoms with Crippen LogP contribution in [0.2, 0.25) is 0 Å². The molecule has 37 heavy (non-hydrogen) atoms. The first-order chi connectivity index (χ1) is 17.8. The minimum atomic E-state index is -0.0457. The van der Waals surface area contributed by atoms with Gasteiger partial charge in [0.2, 0.25) is 11.8 Å². The number of hydrogen-bond acceptors (Lipinski definition) is 6. The van der Waals surface area contributed by atoms with E-state index in [0.29, 0.717) is 36.8 Å². The molecule has 2 unspecified atom stereocenters. The normalized spacial score (nSPS) is 18.8. The molecule has 2 atom stereocenters. The number of rotatable bonds is 9. The molecule has 0 bridgehead atoms. The van der Waals surface area contributed by atoms with Crippen LogP contribution in [-0.4, -0.2) is 48.8 Å². The first kappa shape index (κ1) is 26.7. The van der Waals surface area contributed by atoms with E-state index < -0.39 is 0 Å². The lowest BCUT2D eigenvalue weighted by atomic mass is 9.87. The number of hydrazone groups is 1. The Morgan fingerprint density at radius 1 is 1.14 bits per heavy atom. The number of anilines is 1. The van der Waals surface area contributed by atoms with Crippen molar-refractivity contribution >= 4 is 23.2 Å². The third kappa shape index (κ3) is 6.89. The van der Waals surface area contributed by atoms with Gasteiger partial charge in [0.25, 0.3) is 0 Å². The van der Waals surface area contributed by atoms with E-state index in [0.717, 1.165) is 48.5 Å². The van der Waals surface area contributed by atoms with Crippen LogP contribution in [0.4, 0.5) is 5.69 Å². The van der Waals surface area contributed by atoms with Crippen molar-refractivity contribution in [3.05, 3.63) is 53.6 Å². The summed E-state index contributed by atoms with van der Waals surface area (Å²) < 4.78 is 11.3. The molecule has 198 valence electrons. The van der Waals surface area contributed by atoms with E-state index in [-0.39, 0.29) is 23.8 Å². The van der Waals surface area contributed by atoms with Crippen LogP contribution in [0.5, 0.6) is 11.5 Å². The van der Waals surface area contributed by atoms with Gasteiger partial charge in [-0.3, -0.25) is 9.59 Å². The van der Waals surface area contributed by atoms with E-state index in [2.05, 4.69) is 15.7 Å². The quantitative estimate of drug-likeness (QED) is 0.519. The van der Waals surface area contributed by atoms with E-state index in [1.165, 1.54) is 5.01 Å². The van der Waals surface area contributed by atoms with Gasteiger partial charge in [0.15, 0.2) is 11.5 Å². The zero-order chi connectivity index (χ0) is 26.4. The second kappa shape index (κ2) is 12.2. The van der Waals surface area contributed by atoms with Crippen molar-refractivity contribution in [1.29, 1.82) is 0 Å². The molecule has 2 aliphatic rings. The Morgan fingerprint density at radius 2 is 1.92 bits per heavy atom. The van der Waals surface area contributed by atoms with Crippen molar-refractivity contribution in [2.45, 2.75) is 59.1 Å². The number of piperidine rings is 1. The monoisotopic (exact) mass is 506 g/mol. The Morgan fingerprint density at radius 3 is 2.59 bits per heavy atom. The Labute approximate surface area is 219 Å². The van der Waals surface area contributed by atoms with Crippen molar-refractivity contribution in [2.24, 2.45) is 16.9 Å². The Balaban J connectivity index is 1.42. The molecule has 0 aromatic heterocycles. The lowest BCUT2D eigenvalue weighted by Gasteiger charge is -2.27. The molecule has 8 heteroatoms. The van der Waals surface area contributed by atoms with Gasteiger partial charge in [0.05, 0.1) is 25.5 Å². The summed E-state index contributed by atoms with van der Waals surface area (Å²) in [5, 5.41) is 12.6. The van der Waals surface area contributed by atoms with Crippen LogP contribution in [0.1, 0.15) is 57.6 Å². The third-order valence-electron chi connectivity index (χ3n) is 6.97. The molecule has 2 N–H and O–H groups in total. The molecule has 1 saturated heterocycles. The second-order valence-corrected chi connectivity index (χ2v) is 10.1. The van der Waals surface area contributed by atoms with Gasteiger partial charge in [-0.25, -0.2) is 5.01 Å². The fourth-order valence-electron chi connectivity index (χ4n) is 4.78. The van der Waals surface area contributed by atoms with Crippen molar-refractivity contribution in [3.8, 4) is 11.5 Å². The van der Waals surface area contributed by atoms with Crippen molar-refractivity contribution in [2.75, 3.05) is 25.5 Å². The molecule has 2 aromatic rings. The summed E-state index contributed by atoms with van der Waals surface area (Å²) in [4.78, 5) is 25.4. The minimum absolute atomic E-state index is 0.00996. The highest BCUT2D eigenvalue weighted by molar-refractivity contribution is 6.04. The van der Waals surface area contributed by atoms with E-state index >= 15 is 0 Å². The number of benzene rings is 2. The molecule has 1 fully saturated rings. The summed E-state index contributed by atoms with van der Waals surface area (Å²) in [6.07, 6.45) is 3.17. The number of nitrogens with zero attached hydrogens (tertiary/aromatic N) is 2. The Kier molecular flexibility index (Phi) is 8.82. The van der Waals surface area contributed by atoms with Crippen LogP contribution in [0.25, 0.3) is 0 Å². The highest BCUT2D eigenvalue weighted by Crippen LogP contribution is 2.31. The van der Waals surface area contributed by atoms with Crippen molar-refractivity contribution < 1.29 is 19.1 Å². The fourth-order valence-corrected chi connectivity index (χ4v) is 4.78. The van der Waals surface area contributed by atoms with E-state index in [9.17, 15) is 9.59 Å². The summed E-state index contributed by atoms with van der Waals surface area (Å²) in [7, 11) is 1.62. The molecule has 2 heterocycles. The van der Waals surface area contributed by atoms with Gasteiger partial charge in [0.1, 0.15) is 0 Å². The summed E-state index contributed by atoms with van der Waals surface area (Å²) >= 11 is 0. The zero-order valence-electron chi connectivity index (χ0n) is 22.3. The van der Waals surface area contributed by atoms with E-state index in [4.69, 9.17) is 9.47 Å². The maximum atomic E-state index is 12.7. The number of methoxy groups -OCH3 is 1. The zero-order valence-corrected chi connectivity index (χ0v) is 22.3. The van der Waals surface area contributed by atoms with Crippen LogP contribution >= 0.6 is 0 Å². The molecule has 0 spiro atoms. The van der Waals surface area contributed by atoms with E-state index in [1.54, 1.807) is 7.11 Å². The van der Waals surface area contributed by atoms with E-state index in [1.807, 2.05) is 63.2 Å². The van der Waals surface area contributed by atoms with Crippen LogP contribution in [0.15, 0.2) is 47.6 Å². The number of carbonyl (C=O) groups is 2. The average molecular weight is 507 g/mol. The largest absolute Gasteiger partial charge is 0.493 e. The predicted molar refractivity (Wildman–Crippen MR) is 145 cm³/mol. The molecule has 0 aliphatic carbocycles. The highest BCUT2D eigenvalue weighted by atomic mass is 16.5. The molecule has 4 rings (SSSR count). The first-order valence-corrected chi connectivity index (χ1v) is 13.2. The summed E-state index contributed by atoms with van der Waals surface area (Å²) in [5.41, 5.74) is 3.45. The van der Waals surface area contributed by atoms with Crippen LogP contribution in [0.3, 0.4) is 0 Å². The van der Waals surface area contributed by atoms with Crippen molar-refractivity contribution in [3.63, 3.8) is 0 Å². The number of nitrogens with one attached hydrogen (secondary N) is 2. The summed E-state index contributed by atoms with van der Waals surface area (Å²) in [5.74, 6) is 1.68. The molecule has 8 nitrogen and oxygen atoms in total. The molecule has 2 aliphatic heterocycles. The Bertz CT molecular complexity index is 1120. The average Bonchev–Trinajstić information content (AvgIpc) is 2.90. The number of carbonyl (C=O) groups excluding carboxylic acids is 2. The van der Waals surface area contributed by atoms with Gasteiger partial charge >= 0.3 is 0 Å². The smallest absolute Gasteiger partial charge is 0.243 e. The second-order valence-electron chi connectivity index (χ2n) is 10.1. The highest BCUT2D eigenvalue weighted by Gasteiger charge is 2.26. The van der Waals surface area contributed by atoms with Gasteiger partial charge in [-0.1, -0.05) is 19.1 Å². The summed E-state index contributed by atoms with van der Waals surface area (Å²) in [6, 6.07) is 13.4. The summed E-state index contributed by atoms with van der Waals surface area (Å²) in [6.45, 7) is 8.23. The molecule has 2 amide bonds. The molecular formula is C29H38N4O4. The Hall–Kier alpha value is -3.39. The molecule has 0 saturated carbocycles. The minimum Gasteiger partial charge on any atom is -0.493 e. The maximum Gasteiger partial charge on any atom is 0.243 e. The third-order valence-corrected chi connectivity index (χ3v) is 6.97. The van der Waals surface area contributed by atoms with Crippen LogP contribution < -0.4 is 20.1 Å². The van der Waals surface area contributed by atoms with Gasteiger partial charge in [-0.05, 0) is 81.6 Å². The number of amides is 2. The fraction of sp³-hybridized carbons (Fsp3) is 0.483.